The van der Waals surface area contributed by atoms with E-state index in [4.69, 9.17) is 4.52 Å². The summed E-state index contributed by atoms with van der Waals surface area (Å²) in [5.41, 5.74) is 1.58. The number of benzene rings is 1. The zero-order valence-corrected chi connectivity index (χ0v) is 14.7. The van der Waals surface area contributed by atoms with E-state index in [0.29, 0.717) is 11.6 Å². The molecule has 0 bridgehead atoms. The number of nitrogens with one attached hydrogen (secondary N) is 1. The first-order valence-electron chi connectivity index (χ1n) is 8.22. The first-order valence-corrected chi connectivity index (χ1v) is 9.27. The van der Waals surface area contributed by atoms with E-state index in [1.165, 1.54) is 0 Å². The molecule has 1 aromatic carbocycles. The van der Waals surface area contributed by atoms with Crippen LogP contribution in [-0.4, -0.2) is 15.1 Å². The summed E-state index contributed by atoms with van der Waals surface area (Å²) in [4.78, 5) is 19.6. The van der Waals surface area contributed by atoms with E-state index in [2.05, 4.69) is 22.0 Å². The Morgan fingerprint density at radius 1 is 1.33 bits per heavy atom. The fourth-order valence-corrected chi connectivity index (χ4v) is 3.34. The van der Waals surface area contributed by atoms with E-state index in [-0.39, 0.29) is 10.8 Å². The Morgan fingerprint density at radius 2 is 2.17 bits per heavy atom. The van der Waals surface area contributed by atoms with Crippen molar-refractivity contribution in [2.24, 2.45) is 0 Å². The molecule has 3 rings (SSSR count). The molecule has 126 valence electrons. The number of fused-ring (bicyclic) bond motifs is 1. The Bertz CT molecular complexity index is 872. The van der Waals surface area contributed by atoms with Crippen molar-refractivity contribution in [3.05, 3.63) is 58.0 Å². The van der Waals surface area contributed by atoms with E-state index in [1.807, 2.05) is 37.3 Å². The first kappa shape index (κ1) is 16.8. The van der Waals surface area contributed by atoms with Gasteiger partial charge in [-0.2, -0.15) is 4.98 Å². The quantitative estimate of drug-likeness (QED) is 0.694. The molecular weight excluding hydrogens is 322 g/mol. The molecule has 0 fully saturated rings. The van der Waals surface area contributed by atoms with Crippen molar-refractivity contribution in [1.82, 2.24) is 15.1 Å². The molecule has 0 saturated heterocycles. The SMILES string of the molecule is CCCCc1noc([C@@H](C)SCc2cc3ccccc3[nH]c2=O)n1. The predicted octanol–water partition coefficient (Wildman–Crippen LogP) is 4.25. The second kappa shape index (κ2) is 7.66. The minimum atomic E-state index is -0.0393. The van der Waals surface area contributed by atoms with Gasteiger partial charge in [-0.05, 0) is 30.9 Å². The molecule has 0 saturated carbocycles. The summed E-state index contributed by atoms with van der Waals surface area (Å²) in [5, 5.41) is 5.12. The largest absolute Gasteiger partial charge is 0.338 e. The number of nitrogens with zero attached hydrogens (tertiary/aromatic N) is 2. The number of aromatic nitrogens is 3. The summed E-state index contributed by atoms with van der Waals surface area (Å²) < 4.78 is 5.34. The van der Waals surface area contributed by atoms with Crippen molar-refractivity contribution in [1.29, 1.82) is 0 Å². The summed E-state index contributed by atoms with van der Waals surface area (Å²) in [6.07, 6.45) is 3.02. The van der Waals surface area contributed by atoms with Crippen LogP contribution >= 0.6 is 11.8 Å². The molecule has 6 heteroatoms. The van der Waals surface area contributed by atoms with E-state index in [1.54, 1.807) is 11.8 Å². The predicted molar refractivity (Wildman–Crippen MR) is 97.2 cm³/mol. The van der Waals surface area contributed by atoms with E-state index in [9.17, 15) is 4.79 Å². The van der Waals surface area contributed by atoms with Crippen LogP contribution < -0.4 is 5.56 Å². The van der Waals surface area contributed by atoms with E-state index >= 15 is 0 Å². The van der Waals surface area contributed by atoms with Crippen LogP contribution in [0.4, 0.5) is 0 Å². The lowest BCUT2D eigenvalue weighted by atomic mass is 10.2. The first-order chi connectivity index (χ1) is 11.7. The molecule has 0 aliphatic rings. The lowest BCUT2D eigenvalue weighted by Gasteiger charge is -2.07. The molecule has 1 atom stereocenters. The molecule has 0 unspecified atom stereocenters. The third-order valence-electron chi connectivity index (χ3n) is 3.90. The molecule has 2 heterocycles. The Kier molecular flexibility index (Phi) is 5.35. The lowest BCUT2D eigenvalue weighted by molar-refractivity contribution is 0.374. The maximum absolute atomic E-state index is 12.2. The summed E-state index contributed by atoms with van der Waals surface area (Å²) in [7, 11) is 0. The number of hydrogen-bond donors (Lipinski definition) is 1. The Labute approximate surface area is 144 Å². The standard InChI is InChI=1S/C18H21N3O2S/c1-3-4-9-16-20-18(23-21-16)12(2)24-11-14-10-13-7-5-6-8-15(13)19-17(14)22/h5-8,10,12H,3-4,9,11H2,1-2H3,(H,19,22)/t12-/m1/s1. The number of pyridine rings is 1. The zero-order valence-electron chi connectivity index (χ0n) is 13.9. The van der Waals surface area contributed by atoms with Crippen molar-refractivity contribution in [3.63, 3.8) is 0 Å². The fourth-order valence-electron chi connectivity index (χ4n) is 2.45. The molecule has 0 radical (unpaired) electrons. The van der Waals surface area contributed by atoms with Gasteiger partial charge in [0.25, 0.3) is 5.56 Å². The van der Waals surface area contributed by atoms with Crippen molar-refractivity contribution in [2.75, 3.05) is 0 Å². The second-order valence-corrected chi connectivity index (χ2v) is 7.15. The van der Waals surface area contributed by atoms with Crippen LogP contribution in [0.2, 0.25) is 0 Å². The highest BCUT2D eigenvalue weighted by Crippen LogP contribution is 2.29. The van der Waals surface area contributed by atoms with Crippen molar-refractivity contribution in [2.45, 2.75) is 44.1 Å². The Hall–Kier alpha value is -2.08. The molecule has 0 aliphatic carbocycles. The summed E-state index contributed by atoms with van der Waals surface area (Å²) in [5.74, 6) is 2.00. The van der Waals surface area contributed by atoms with Gasteiger partial charge in [0.1, 0.15) is 0 Å². The highest BCUT2D eigenvalue weighted by Gasteiger charge is 2.15. The van der Waals surface area contributed by atoms with Gasteiger partial charge in [0.15, 0.2) is 5.82 Å². The number of rotatable bonds is 7. The van der Waals surface area contributed by atoms with Crippen LogP contribution in [0.25, 0.3) is 10.9 Å². The number of para-hydroxylation sites is 1. The average Bonchev–Trinajstić information content (AvgIpc) is 3.07. The van der Waals surface area contributed by atoms with Crippen LogP contribution in [0.3, 0.4) is 0 Å². The van der Waals surface area contributed by atoms with Gasteiger partial charge in [-0.1, -0.05) is 36.7 Å². The fraction of sp³-hybridized carbons (Fsp3) is 0.389. The highest BCUT2D eigenvalue weighted by molar-refractivity contribution is 7.98. The van der Waals surface area contributed by atoms with Gasteiger partial charge in [-0.3, -0.25) is 4.79 Å². The number of H-pyrrole nitrogens is 1. The number of thioether (sulfide) groups is 1. The number of aromatic amines is 1. The van der Waals surface area contributed by atoms with Crippen LogP contribution in [-0.2, 0) is 12.2 Å². The molecule has 5 nitrogen and oxygen atoms in total. The summed E-state index contributed by atoms with van der Waals surface area (Å²) in [6, 6.07) is 9.75. The molecule has 1 N–H and O–H groups in total. The minimum absolute atomic E-state index is 0.0393. The van der Waals surface area contributed by atoms with Gasteiger partial charge in [0.05, 0.1) is 5.25 Å². The van der Waals surface area contributed by atoms with Crippen LogP contribution in [0.1, 0.15) is 49.2 Å². The smallest absolute Gasteiger partial charge is 0.252 e. The molecular formula is C18H21N3O2S. The average molecular weight is 343 g/mol. The van der Waals surface area contributed by atoms with Crippen LogP contribution in [0.5, 0.6) is 0 Å². The van der Waals surface area contributed by atoms with Gasteiger partial charge in [-0.25, -0.2) is 0 Å². The van der Waals surface area contributed by atoms with E-state index in [0.717, 1.165) is 41.6 Å². The molecule has 0 spiro atoms. The lowest BCUT2D eigenvalue weighted by Crippen LogP contribution is -2.11. The normalized spacial score (nSPS) is 12.6. The van der Waals surface area contributed by atoms with Crippen molar-refractivity contribution < 1.29 is 4.52 Å². The third-order valence-corrected chi connectivity index (χ3v) is 5.08. The molecule has 0 amide bonds. The molecule has 2 aromatic heterocycles. The van der Waals surface area contributed by atoms with Gasteiger partial charge in [0.2, 0.25) is 5.89 Å². The minimum Gasteiger partial charge on any atom is -0.338 e. The van der Waals surface area contributed by atoms with Gasteiger partial charge in [-0.15, -0.1) is 11.8 Å². The van der Waals surface area contributed by atoms with E-state index < -0.39 is 0 Å². The maximum atomic E-state index is 12.2. The zero-order chi connectivity index (χ0) is 16.9. The summed E-state index contributed by atoms with van der Waals surface area (Å²) in [6.45, 7) is 4.16. The van der Waals surface area contributed by atoms with Gasteiger partial charge < -0.3 is 9.51 Å². The Balaban J connectivity index is 1.67. The molecule has 24 heavy (non-hydrogen) atoms. The Morgan fingerprint density at radius 3 is 3.00 bits per heavy atom. The second-order valence-electron chi connectivity index (χ2n) is 5.82. The highest BCUT2D eigenvalue weighted by atomic mass is 32.2. The monoisotopic (exact) mass is 343 g/mol. The number of aryl methyl sites for hydroxylation is 1. The van der Waals surface area contributed by atoms with Crippen LogP contribution in [0, 0.1) is 0 Å². The summed E-state index contributed by atoms with van der Waals surface area (Å²) >= 11 is 1.63. The number of hydrogen-bond acceptors (Lipinski definition) is 5. The molecule has 0 aliphatic heterocycles. The van der Waals surface area contributed by atoms with Gasteiger partial charge in [0, 0.05) is 23.3 Å². The maximum Gasteiger partial charge on any atom is 0.252 e. The third kappa shape index (κ3) is 3.87. The van der Waals surface area contributed by atoms with Crippen molar-refractivity contribution >= 4 is 22.7 Å². The van der Waals surface area contributed by atoms with Gasteiger partial charge >= 0.3 is 0 Å². The van der Waals surface area contributed by atoms with Crippen molar-refractivity contribution in [3.8, 4) is 0 Å². The van der Waals surface area contributed by atoms with Crippen LogP contribution in [0.15, 0.2) is 39.6 Å². The number of unbranched alkanes of at least 4 members (excludes halogenated alkanes) is 1. The topological polar surface area (TPSA) is 71.8 Å². The molecule has 3 aromatic rings.